The van der Waals surface area contributed by atoms with E-state index in [4.69, 9.17) is 0 Å². The van der Waals surface area contributed by atoms with Crippen LogP contribution in [0.25, 0.3) is 0 Å². The average molecular weight is 622 g/mol. The fourth-order valence-electron chi connectivity index (χ4n) is 6.78. The van der Waals surface area contributed by atoms with E-state index in [1.165, 1.54) is 24.3 Å². The predicted octanol–water partition coefficient (Wildman–Crippen LogP) is 6.09. The van der Waals surface area contributed by atoms with Crippen molar-refractivity contribution >= 4 is 23.4 Å². The summed E-state index contributed by atoms with van der Waals surface area (Å²) in [7, 11) is 0. The zero-order valence-electron chi connectivity index (χ0n) is 25.3. The molecule has 238 valence electrons. The first-order chi connectivity index (χ1) is 21.5. The van der Waals surface area contributed by atoms with Gasteiger partial charge in [0.1, 0.15) is 11.7 Å². The molecule has 3 aliphatic carbocycles. The number of amides is 3. The minimum atomic E-state index is -4.65. The van der Waals surface area contributed by atoms with Crippen molar-refractivity contribution in [1.82, 2.24) is 20.4 Å². The Morgan fingerprint density at radius 3 is 2.22 bits per heavy atom. The Morgan fingerprint density at radius 2 is 1.60 bits per heavy atom. The Hall–Kier alpha value is -4.15. The van der Waals surface area contributed by atoms with E-state index >= 15 is 0 Å². The summed E-state index contributed by atoms with van der Waals surface area (Å²) in [5, 5.41) is 12.5. The molecule has 3 aromatic rings. The maximum atomic E-state index is 13.9. The van der Waals surface area contributed by atoms with E-state index in [-0.39, 0.29) is 29.3 Å². The second-order valence-corrected chi connectivity index (χ2v) is 12.8. The third kappa shape index (κ3) is 6.77. The van der Waals surface area contributed by atoms with Crippen LogP contribution in [-0.4, -0.2) is 39.7 Å². The summed E-state index contributed by atoms with van der Waals surface area (Å²) >= 11 is 0. The van der Waals surface area contributed by atoms with Gasteiger partial charge in [0, 0.05) is 17.9 Å². The fraction of sp³-hybridized carbons (Fsp3) is 0.471. The number of hydrogen-bond acceptors (Lipinski definition) is 4. The van der Waals surface area contributed by atoms with Gasteiger partial charge in [0.25, 0.3) is 5.91 Å². The molecule has 0 spiro atoms. The van der Waals surface area contributed by atoms with E-state index in [1.807, 2.05) is 13.8 Å². The molecule has 2 fully saturated rings. The highest BCUT2D eigenvalue weighted by Crippen LogP contribution is 2.51. The summed E-state index contributed by atoms with van der Waals surface area (Å²) in [5.74, 6) is -1.24. The van der Waals surface area contributed by atoms with Gasteiger partial charge < -0.3 is 16.0 Å². The summed E-state index contributed by atoms with van der Waals surface area (Å²) in [6.45, 7) is 3.87. The fourth-order valence-corrected chi connectivity index (χ4v) is 6.78. The van der Waals surface area contributed by atoms with Crippen LogP contribution < -0.4 is 16.0 Å². The van der Waals surface area contributed by atoms with Gasteiger partial charge in [-0.25, -0.2) is 0 Å². The molecular formula is C34H38F3N5O3. The van der Waals surface area contributed by atoms with Crippen LogP contribution >= 0.6 is 0 Å². The van der Waals surface area contributed by atoms with Crippen LogP contribution in [0, 0.1) is 17.8 Å². The Bertz CT molecular complexity index is 1550. The lowest BCUT2D eigenvalue weighted by molar-refractivity contribution is -0.163. The average Bonchev–Trinajstić information content (AvgIpc) is 3.93. The molecule has 6 rings (SSSR count). The van der Waals surface area contributed by atoms with Crippen LogP contribution in [0.4, 0.5) is 18.9 Å². The van der Waals surface area contributed by atoms with E-state index in [2.05, 4.69) is 21.0 Å². The number of anilines is 1. The third-order valence-corrected chi connectivity index (χ3v) is 9.23. The zero-order valence-corrected chi connectivity index (χ0v) is 25.3. The molecule has 1 unspecified atom stereocenters. The second-order valence-electron chi connectivity index (χ2n) is 12.8. The molecule has 3 atom stereocenters. The topological polar surface area (TPSA) is 105 Å². The molecule has 3 aliphatic rings. The number of rotatable bonds is 11. The van der Waals surface area contributed by atoms with E-state index in [0.717, 1.165) is 31.2 Å². The van der Waals surface area contributed by atoms with E-state index < -0.39 is 30.1 Å². The lowest BCUT2D eigenvalue weighted by Crippen LogP contribution is -2.50. The molecule has 3 N–H and O–H groups in total. The predicted molar refractivity (Wildman–Crippen MR) is 162 cm³/mol. The smallest absolute Gasteiger partial charge is 0.340 e. The first-order valence-electron chi connectivity index (χ1n) is 15.7. The van der Waals surface area contributed by atoms with Gasteiger partial charge >= 0.3 is 6.18 Å². The van der Waals surface area contributed by atoms with Crippen LogP contribution in [0.15, 0.2) is 60.8 Å². The normalized spacial score (nSPS) is 19.2. The van der Waals surface area contributed by atoms with Crippen LogP contribution in [-0.2, 0) is 16.0 Å². The minimum absolute atomic E-state index is 0.0225. The third-order valence-electron chi connectivity index (χ3n) is 9.23. The Kier molecular flexibility index (Phi) is 8.45. The Balaban J connectivity index is 1.18. The number of fused-ring (bicyclic) bond motifs is 1. The number of nitrogens with one attached hydrogen (secondary N) is 3. The molecule has 11 heteroatoms. The highest BCUT2D eigenvalue weighted by Gasteiger charge is 2.49. The van der Waals surface area contributed by atoms with Crippen molar-refractivity contribution in [3.63, 3.8) is 0 Å². The molecule has 0 aliphatic heterocycles. The van der Waals surface area contributed by atoms with E-state index in [0.29, 0.717) is 41.6 Å². The molecular weight excluding hydrogens is 583 g/mol. The van der Waals surface area contributed by atoms with Gasteiger partial charge in [-0.15, -0.1) is 0 Å². The van der Waals surface area contributed by atoms with Crippen molar-refractivity contribution in [2.24, 2.45) is 17.8 Å². The number of carbonyl (C=O) groups is 3. The number of nitrogens with zero attached hydrogens (tertiary/aromatic N) is 2. The molecule has 1 heterocycles. The summed E-state index contributed by atoms with van der Waals surface area (Å²) in [6, 6.07) is 11.3. The minimum Gasteiger partial charge on any atom is -0.340 e. The molecule has 0 saturated heterocycles. The SMILES string of the molecule is CC(C)n1nccc1C(=O)N[C@H](C(=O)Nc1ccc2c(c1)CCC2C(=O)N[C@@H](c1ccccc1)C(F)(F)F)C(C1CC1)C1CC1. The summed E-state index contributed by atoms with van der Waals surface area (Å²) in [6.07, 6.45) is 1.92. The van der Waals surface area contributed by atoms with Gasteiger partial charge in [0.05, 0.1) is 5.92 Å². The van der Waals surface area contributed by atoms with Gasteiger partial charge in [-0.05, 0) is 105 Å². The molecule has 2 aromatic carbocycles. The maximum absolute atomic E-state index is 13.9. The highest BCUT2D eigenvalue weighted by molar-refractivity contribution is 6.01. The summed E-state index contributed by atoms with van der Waals surface area (Å²) < 4.78 is 43.3. The van der Waals surface area contributed by atoms with E-state index in [9.17, 15) is 27.6 Å². The molecule has 2 saturated carbocycles. The van der Waals surface area contributed by atoms with Crippen molar-refractivity contribution < 1.29 is 27.6 Å². The van der Waals surface area contributed by atoms with Crippen LogP contribution in [0.5, 0.6) is 0 Å². The van der Waals surface area contributed by atoms with Crippen molar-refractivity contribution in [3.05, 3.63) is 83.2 Å². The molecule has 3 amide bonds. The first-order valence-corrected chi connectivity index (χ1v) is 15.7. The van der Waals surface area contributed by atoms with E-state index in [1.54, 1.807) is 41.2 Å². The molecule has 8 nitrogen and oxygen atoms in total. The van der Waals surface area contributed by atoms with Gasteiger partial charge in [-0.2, -0.15) is 18.3 Å². The number of benzene rings is 2. The second kappa shape index (κ2) is 12.3. The molecule has 45 heavy (non-hydrogen) atoms. The van der Waals surface area contributed by atoms with Gasteiger partial charge in [0.2, 0.25) is 11.8 Å². The Labute approximate surface area is 260 Å². The van der Waals surface area contributed by atoms with Crippen molar-refractivity contribution in [2.75, 3.05) is 5.32 Å². The van der Waals surface area contributed by atoms with Crippen LogP contribution in [0.1, 0.15) is 91.1 Å². The number of alkyl halides is 3. The molecule has 1 aromatic heterocycles. The quantitative estimate of drug-likeness (QED) is 0.241. The van der Waals surface area contributed by atoms with Gasteiger partial charge in [0.15, 0.2) is 6.04 Å². The van der Waals surface area contributed by atoms with Gasteiger partial charge in [-0.1, -0.05) is 36.4 Å². The number of carbonyl (C=O) groups excluding carboxylic acids is 3. The van der Waals surface area contributed by atoms with Crippen LogP contribution in [0.2, 0.25) is 0 Å². The van der Waals surface area contributed by atoms with Crippen LogP contribution in [0.3, 0.4) is 0 Å². The first kappa shape index (κ1) is 30.9. The highest BCUT2D eigenvalue weighted by atomic mass is 19.4. The lowest BCUT2D eigenvalue weighted by Gasteiger charge is -2.28. The summed E-state index contributed by atoms with van der Waals surface area (Å²) in [4.78, 5) is 40.4. The van der Waals surface area contributed by atoms with Crippen molar-refractivity contribution in [3.8, 4) is 0 Å². The van der Waals surface area contributed by atoms with Crippen molar-refractivity contribution in [2.45, 2.75) is 82.6 Å². The number of hydrogen-bond donors (Lipinski definition) is 3. The largest absolute Gasteiger partial charge is 0.412 e. The monoisotopic (exact) mass is 621 g/mol. The molecule has 0 radical (unpaired) electrons. The Morgan fingerprint density at radius 1 is 0.911 bits per heavy atom. The lowest BCUT2D eigenvalue weighted by atomic mass is 9.88. The maximum Gasteiger partial charge on any atom is 0.412 e. The molecule has 0 bridgehead atoms. The van der Waals surface area contributed by atoms with Crippen molar-refractivity contribution in [1.29, 1.82) is 0 Å². The summed E-state index contributed by atoms with van der Waals surface area (Å²) in [5.41, 5.74) is 2.35. The zero-order chi connectivity index (χ0) is 31.9. The number of halogens is 3. The number of aromatic nitrogens is 2. The number of aryl methyl sites for hydroxylation is 1. The standard InChI is InChI=1S/C34H38F3N5O3/c1-19(2)42-27(16-17-38-42)32(44)40-29(28(20-8-9-20)21-10-11-21)33(45)39-24-13-15-25-23(18-24)12-14-26(25)31(43)41-30(34(35,36)37)22-6-4-3-5-7-22/h3-7,13,15-21,26,28-30H,8-12,14H2,1-2H3,(H,39,45)(H,40,44)(H,41,43)/t26?,29-,30-/m0/s1. The van der Waals surface area contributed by atoms with Gasteiger partial charge in [-0.3, -0.25) is 19.1 Å².